The van der Waals surface area contributed by atoms with Crippen molar-refractivity contribution in [2.24, 2.45) is 0 Å². The molecule has 0 saturated heterocycles. The zero-order valence-corrected chi connectivity index (χ0v) is 26.1. The zero-order chi connectivity index (χ0) is 30.8. The van der Waals surface area contributed by atoms with Crippen LogP contribution in [0.15, 0.2) is 97.3 Å². The van der Waals surface area contributed by atoms with Crippen LogP contribution in [0, 0.1) is 0 Å². The molecule has 0 spiro atoms. The van der Waals surface area contributed by atoms with Gasteiger partial charge in [0.05, 0.1) is 0 Å². The van der Waals surface area contributed by atoms with Crippen LogP contribution < -0.4 is 14.8 Å². The third-order valence-corrected chi connectivity index (χ3v) is 8.43. The van der Waals surface area contributed by atoms with Crippen molar-refractivity contribution in [1.82, 2.24) is 30.5 Å². The Balaban J connectivity index is 1.37. The predicted molar refractivity (Wildman–Crippen MR) is 171 cm³/mol. The van der Waals surface area contributed by atoms with E-state index in [1.807, 2.05) is 66.7 Å². The first-order valence-corrected chi connectivity index (χ1v) is 18.1. The molecule has 1 N–H and O–H groups in total. The molecule has 0 atom stereocenters. The molecule has 1 amide bonds. The molecule has 0 fully saturated rings. The third-order valence-electron chi connectivity index (χ3n) is 6.73. The Morgan fingerprint density at radius 3 is 2.36 bits per heavy atom. The molecule has 226 valence electrons. The number of benzene rings is 3. The summed E-state index contributed by atoms with van der Waals surface area (Å²) in [7, 11) is -1.21. The van der Waals surface area contributed by atoms with Crippen molar-refractivity contribution >= 4 is 14.2 Å². The molecule has 0 aliphatic rings. The van der Waals surface area contributed by atoms with E-state index in [0.29, 0.717) is 48.2 Å². The molecule has 2 aromatic heterocycles. The number of pyridine rings is 1. The summed E-state index contributed by atoms with van der Waals surface area (Å²) >= 11 is 0. The van der Waals surface area contributed by atoms with E-state index in [4.69, 9.17) is 14.2 Å². The van der Waals surface area contributed by atoms with Gasteiger partial charge < -0.3 is 19.5 Å². The Morgan fingerprint density at radius 2 is 1.61 bits per heavy atom. The summed E-state index contributed by atoms with van der Waals surface area (Å²) in [5.41, 5.74) is 4.16. The van der Waals surface area contributed by atoms with Crippen molar-refractivity contribution in [3.63, 3.8) is 0 Å². The molecule has 0 radical (unpaired) electrons. The van der Waals surface area contributed by atoms with Gasteiger partial charge in [-0.15, -0.1) is 5.10 Å². The average Bonchev–Trinajstić information content (AvgIpc) is 3.51. The molecule has 11 heteroatoms. The Hall–Kier alpha value is -4.87. The van der Waals surface area contributed by atoms with Gasteiger partial charge in [-0.25, -0.2) is 4.79 Å². The molecule has 2 heterocycles. The maximum atomic E-state index is 12.6. The van der Waals surface area contributed by atoms with Crippen LogP contribution in [-0.2, 0) is 24.6 Å². The largest absolute Gasteiger partial charge is 0.488 e. The quantitative estimate of drug-likeness (QED) is 0.118. The van der Waals surface area contributed by atoms with Gasteiger partial charge >= 0.3 is 6.09 Å². The highest BCUT2D eigenvalue weighted by Gasteiger charge is 2.16. The minimum absolute atomic E-state index is 0.240. The highest BCUT2D eigenvalue weighted by Crippen LogP contribution is 2.35. The molecular weight excluding hydrogens is 572 g/mol. The van der Waals surface area contributed by atoms with Gasteiger partial charge in [0, 0.05) is 50.3 Å². The van der Waals surface area contributed by atoms with Crippen LogP contribution in [0.5, 0.6) is 11.5 Å². The fraction of sp³-hybridized carbons (Fsp3) is 0.242. The minimum atomic E-state index is -1.21. The Kier molecular flexibility index (Phi) is 10.1. The highest BCUT2D eigenvalue weighted by molar-refractivity contribution is 6.76. The second-order valence-corrected chi connectivity index (χ2v) is 17.1. The lowest BCUT2D eigenvalue weighted by Gasteiger charge is -2.15. The first-order chi connectivity index (χ1) is 21.3. The number of carbonyl (C=O) groups is 1. The van der Waals surface area contributed by atoms with Crippen molar-refractivity contribution in [3.8, 4) is 34.0 Å². The lowest BCUT2D eigenvalue weighted by molar-refractivity contribution is 0.0784. The van der Waals surface area contributed by atoms with Crippen molar-refractivity contribution in [2.75, 3.05) is 6.61 Å². The van der Waals surface area contributed by atoms with Crippen LogP contribution >= 0.6 is 0 Å². The first kappa shape index (κ1) is 30.6. The highest BCUT2D eigenvalue weighted by atomic mass is 28.3. The van der Waals surface area contributed by atoms with Crippen LogP contribution in [0.25, 0.3) is 22.5 Å². The van der Waals surface area contributed by atoms with Crippen LogP contribution in [0.1, 0.15) is 11.1 Å². The maximum Gasteiger partial charge on any atom is 0.412 e. The second kappa shape index (κ2) is 14.5. The fourth-order valence-electron chi connectivity index (χ4n) is 4.31. The van der Waals surface area contributed by atoms with Crippen LogP contribution in [0.2, 0.25) is 25.7 Å². The van der Waals surface area contributed by atoms with E-state index >= 15 is 0 Å². The Labute approximate surface area is 258 Å². The lowest BCUT2D eigenvalue weighted by atomic mass is 10.0. The summed E-state index contributed by atoms with van der Waals surface area (Å²) in [6.07, 6.45) is 2.87. The van der Waals surface area contributed by atoms with Crippen molar-refractivity contribution in [3.05, 3.63) is 108 Å². The number of nitrogens with one attached hydrogen (secondary N) is 1. The molecule has 44 heavy (non-hydrogen) atoms. The number of aromatic nitrogens is 5. The number of rotatable bonds is 13. The molecule has 10 nitrogen and oxygen atoms in total. The number of tetrazole rings is 1. The number of nitrogens with zero attached hydrogens (tertiary/aromatic N) is 5. The molecule has 3 aromatic carbocycles. The summed E-state index contributed by atoms with van der Waals surface area (Å²) in [5, 5.41) is 15.0. The average molecular weight is 609 g/mol. The van der Waals surface area contributed by atoms with Crippen molar-refractivity contribution < 1.29 is 19.0 Å². The van der Waals surface area contributed by atoms with Gasteiger partial charge in [-0.1, -0.05) is 80.3 Å². The van der Waals surface area contributed by atoms with Gasteiger partial charge in [-0.2, -0.15) is 4.68 Å². The van der Waals surface area contributed by atoms with Crippen LogP contribution in [0.4, 0.5) is 4.79 Å². The van der Waals surface area contributed by atoms with E-state index in [9.17, 15) is 4.79 Å². The van der Waals surface area contributed by atoms with Crippen molar-refractivity contribution in [2.45, 2.75) is 45.6 Å². The van der Waals surface area contributed by atoms with Gasteiger partial charge in [-0.05, 0) is 51.9 Å². The lowest BCUT2D eigenvalue weighted by Crippen LogP contribution is -2.26. The van der Waals surface area contributed by atoms with Crippen molar-refractivity contribution in [1.29, 1.82) is 0 Å². The van der Waals surface area contributed by atoms with Crippen LogP contribution in [0.3, 0.4) is 0 Å². The predicted octanol–water partition coefficient (Wildman–Crippen LogP) is 6.58. The van der Waals surface area contributed by atoms with Gasteiger partial charge in [-0.3, -0.25) is 4.98 Å². The minimum Gasteiger partial charge on any atom is -0.488 e. The molecule has 0 aliphatic heterocycles. The summed E-state index contributed by atoms with van der Waals surface area (Å²) < 4.78 is 19.4. The summed E-state index contributed by atoms with van der Waals surface area (Å²) in [6, 6.07) is 27.8. The van der Waals surface area contributed by atoms with E-state index in [-0.39, 0.29) is 6.73 Å². The van der Waals surface area contributed by atoms with E-state index in [1.165, 1.54) is 0 Å². The Bertz CT molecular complexity index is 1660. The number of carbonyl (C=O) groups excluding carboxylic acids is 1. The zero-order valence-electron chi connectivity index (χ0n) is 25.1. The third kappa shape index (κ3) is 8.82. The number of ether oxygens (including phenoxy) is 3. The molecule has 0 aliphatic carbocycles. The topological polar surface area (TPSA) is 113 Å². The number of amides is 1. The van der Waals surface area contributed by atoms with Gasteiger partial charge in [0.2, 0.25) is 0 Å². The number of hydrogen-bond donors (Lipinski definition) is 1. The SMILES string of the molecule is C[Si](C)(C)CCOCn1nnnc1-c1cncc(-c2cc(OC(=O)NCc3ccccc3)ccc2OCc2ccccc2)c1. The number of hydrogen-bond acceptors (Lipinski definition) is 8. The smallest absolute Gasteiger partial charge is 0.412 e. The normalized spacial score (nSPS) is 11.2. The van der Waals surface area contributed by atoms with E-state index in [0.717, 1.165) is 22.7 Å². The summed E-state index contributed by atoms with van der Waals surface area (Å²) in [5.74, 6) is 1.51. The summed E-state index contributed by atoms with van der Waals surface area (Å²) in [6.45, 7) is 8.55. The molecule has 0 saturated carbocycles. The fourth-order valence-corrected chi connectivity index (χ4v) is 5.07. The monoisotopic (exact) mass is 608 g/mol. The molecule has 5 rings (SSSR count). The van der Waals surface area contributed by atoms with E-state index < -0.39 is 14.2 Å². The maximum absolute atomic E-state index is 12.6. The Morgan fingerprint density at radius 1 is 0.886 bits per heavy atom. The summed E-state index contributed by atoms with van der Waals surface area (Å²) in [4.78, 5) is 17.1. The molecule has 0 unspecified atom stereocenters. The molecule has 0 bridgehead atoms. The van der Waals surface area contributed by atoms with Gasteiger partial charge in [0.1, 0.15) is 24.8 Å². The standard InChI is InChI=1S/C33H36N6O4Si/c1-44(2,3)17-16-41-24-39-32(36-37-38-39)28-18-27(21-34-22-28)30-19-29(43-33(40)35-20-25-10-6-4-7-11-25)14-15-31(30)42-23-26-12-8-5-9-13-26/h4-15,18-19,21-22H,16-17,20,23-24H2,1-3H3,(H,35,40). The van der Waals surface area contributed by atoms with E-state index in [2.05, 4.69) is 45.5 Å². The van der Waals surface area contributed by atoms with Gasteiger partial charge in [0.15, 0.2) is 5.82 Å². The van der Waals surface area contributed by atoms with Gasteiger partial charge in [0.25, 0.3) is 0 Å². The first-order valence-electron chi connectivity index (χ1n) is 14.4. The molecule has 5 aromatic rings. The van der Waals surface area contributed by atoms with E-state index in [1.54, 1.807) is 35.3 Å². The second-order valence-electron chi connectivity index (χ2n) is 11.5. The van der Waals surface area contributed by atoms with Crippen LogP contribution in [-0.4, -0.2) is 46.0 Å². The molecular formula is C33H36N6O4Si.